The topological polar surface area (TPSA) is 128 Å². The smallest absolute Gasteiger partial charge is 0.426 e. The van der Waals surface area contributed by atoms with Crippen molar-refractivity contribution in [2.24, 2.45) is 0 Å². The average molecular weight is 523 g/mol. The number of benzene rings is 2. The summed E-state index contributed by atoms with van der Waals surface area (Å²) in [5, 5.41) is 25.1. The molecule has 0 bridgehead atoms. The summed E-state index contributed by atoms with van der Waals surface area (Å²) in [6, 6.07) is 17.6. The molecule has 1 aliphatic rings. The number of hydrogen-bond acceptors (Lipinski definition) is 6. The SMILES string of the molecule is COCCC[C@H](NC(=O)[C@@H]1CCCN1C(=O)[C@@H](Cc1ccccc1)NC(=O)CCc1ccccc1)B(O)O. The molecule has 0 aromatic heterocycles. The van der Waals surface area contributed by atoms with Gasteiger partial charge in [-0.05, 0) is 43.2 Å². The van der Waals surface area contributed by atoms with E-state index in [1.807, 2.05) is 60.7 Å². The summed E-state index contributed by atoms with van der Waals surface area (Å²) in [5.74, 6) is -1.85. The molecule has 204 valence electrons. The lowest BCUT2D eigenvalue weighted by atomic mass is 9.76. The maximum absolute atomic E-state index is 13.7. The van der Waals surface area contributed by atoms with E-state index in [9.17, 15) is 24.4 Å². The molecule has 0 aliphatic carbocycles. The second-order valence-electron chi connectivity index (χ2n) is 9.65. The van der Waals surface area contributed by atoms with Crippen molar-refractivity contribution in [1.82, 2.24) is 15.5 Å². The maximum Gasteiger partial charge on any atom is 0.475 e. The van der Waals surface area contributed by atoms with Crippen LogP contribution in [0.3, 0.4) is 0 Å². The molecular weight excluding hydrogens is 485 g/mol. The van der Waals surface area contributed by atoms with Gasteiger partial charge in [0, 0.05) is 33.1 Å². The predicted octanol–water partition coefficient (Wildman–Crippen LogP) is 1.26. The number of aryl methyl sites for hydroxylation is 1. The maximum atomic E-state index is 13.7. The molecule has 0 radical (unpaired) electrons. The molecule has 3 rings (SSSR count). The van der Waals surface area contributed by atoms with Crippen LogP contribution in [0.1, 0.15) is 43.2 Å². The van der Waals surface area contributed by atoms with Crippen LogP contribution in [-0.4, -0.2) is 78.1 Å². The van der Waals surface area contributed by atoms with Crippen LogP contribution in [0, 0.1) is 0 Å². The van der Waals surface area contributed by atoms with Crippen LogP contribution in [0.2, 0.25) is 0 Å². The van der Waals surface area contributed by atoms with E-state index in [-0.39, 0.29) is 18.2 Å². The van der Waals surface area contributed by atoms with Crippen LogP contribution in [0.25, 0.3) is 0 Å². The summed E-state index contributed by atoms with van der Waals surface area (Å²) < 4.78 is 5.01. The van der Waals surface area contributed by atoms with Gasteiger partial charge in [-0.25, -0.2) is 0 Å². The fourth-order valence-electron chi connectivity index (χ4n) is 4.74. The highest BCUT2D eigenvalue weighted by molar-refractivity contribution is 6.43. The van der Waals surface area contributed by atoms with Crippen molar-refractivity contribution in [3.8, 4) is 0 Å². The Labute approximate surface area is 224 Å². The van der Waals surface area contributed by atoms with Gasteiger partial charge in [0.1, 0.15) is 12.1 Å². The predicted molar refractivity (Wildman–Crippen MR) is 145 cm³/mol. The molecule has 1 fully saturated rings. The number of amides is 3. The van der Waals surface area contributed by atoms with Crippen molar-refractivity contribution in [3.05, 3.63) is 71.8 Å². The van der Waals surface area contributed by atoms with Gasteiger partial charge in [-0.2, -0.15) is 0 Å². The lowest BCUT2D eigenvalue weighted by Gasteiger charge is -2.30. The van der Waals surface area contributed by atoms with Gasteiger partial charge in [-0.15, -0.1) is 0 Å². The Morgan fingerprint density at radius 3 is 2.32 bits per heavy atom. The van der Waals surface area contributed by atoms with E-state index in [1.54, 1.807) is 7.11 Å². The highest BCUT2D eigenvalue weighted by atomic mass is 16.5. The standard InChI is InChI=1S/C28H38BN3O6/c1-38-19-9-15-25(29(36)37)31-27(34)24-14-8-18-32(24)28(35)23(20-22-12-6-3-7-13-22)30-26(33)17-16-21-10-4-2-5-11-21/h2-7,10-13,23-25,36-37H,8-9,14-20H2,1H3,(H,30,33)(H,31,34)/t23-,24+,25+/m1/s1. The molecule has 1 saturated heterocycles. The Balaban J connectivity index is 1.69. The first-order valence-electron chi connectivity index (χ1n) is 13.2. The minimum absolute atomic E-state index is 0.232. The zero-order valence-corrected chi connectivity index (χ0v) is 21.9. The first-order chi connectivity index (χ1) is 18.4. The van der Waals surface area contributed by atoms with Gasteiger partial charge >= 0.3 is 7.12 Å². The Kier molecular flexibility index (Phi) is 11.8. The number of carbonyl (C=O) groups is 3. The van der Waals surface area contributed by atoms with E-state index in [4.69, 9.17) is 4.74 Å². The Hall–Kier alpha value is -3.21. The van der Waals surface area contributed by atoms with Crippen molar-refractivity contribution in [2.75, 3.05) is 20.3 Å². The Morgan fingerprint density at radius 1 is 1.03 bits per heavy atom. The number of carbonyl (C=O) groups excluding carboxylic acids is 3. The zero-order chi connectivity index (χ0) is 27.3. The second kappa shape index (κ2) is 15.3. The van der Waals surface area contributed by atoms with Gasteiger partial charge in [0.2, 0.25) is 17.7 Å². The van der Waals surface area contributed by atoms with Crippen molar-refractivity contribution < 1.29 is 29.2 Å². The summed E-state index contributed by atoms with van der Waals surface area (Å²) >= 11 is 0. The van der Waals surface area contributed by atoms with Gasteiger partial charge in [0.05, 0.1) is 5.94 Å². The number of nitrogens with zero attached hydrogens (tertiary/aromatic N) is 1. The summed E-state index contributed by atoms with van der Waals surface area (Å²) in [6.45, 7) is 0.816. The second-order valence-corrected chi connectivity index (χ2v) is 9.65. The molecule has 2 aromatic rings. The minimum Gasteiger partial charge on any atom is -0.426 e. The molecule has 3 amide bonds. The van der Waals surface area contributed by atoms with Crippen LogP contribution in [0.4, 0.5) is 0 Å². The van der Waals surface area contributed by atoms with Gasteiger partial charge in [0.25, 0.3) is 0 Å². The van der Waals surface area contributed by atoms with Crippen LogP contribution in [0.15, 0.2) is 60.7 Å². The molecular formula is C28H38BN3O6. The van der Waals surface area contributed by atoms with Crippen LogP contribution in [-0.2, 0) is 32.0 Å². The number of methoxy groups -OCH3 is 1. The van der Waals surface area contributed by atoms with Crippen LogP contribution in [0.5, 0.6) is 0 Å². The number of hydrogen-bond donors (Lipinski definition) is 4. The highest BCUT2D eigenvalue weighted by Crippen LogP contribution is 2.20. The lowest BCUT2D eigenvalue weighted by molar-refractivity contribution is -0.141. The van der Waals surface area contributed by atoms with Crippen LogP contribution >= 0.6 is 0 Å². The fourth-order valence-corrected chi connectivity index (χ4v) is 4.74. The third kappa shape index (κ3) is 8.97. The van der Waals surface area contributed by atoms with E-state index in [0.29, 0.717) is 51.7 Å². The summed E-state index contributed by atoms with van der Waals surface area (Å²) in [7, 11) is -0.173. The van der Waals surface area contributed by atoms with Gasteiger partial charge in [0.15, 0.2) is 0 Å². The van der Waals surface area contributed by atoms with Crippen LogP contribution < -0.4 is 10.6 Å². The fraction of sp³-hybridized carbons (Fsp3) is 0.464. The first kappa shape index (κ1) is 29.4. The summed E-state index contributed by atoms with van der Waals surface area (Å²) in [5.41, 5.74) is 1.94. The molecule has 0 saturated carbocycles. The van der Waals surface area contributed by atoms with Crippen molar-refractivity contribution in [1.29, 1.82) is 0 Å². The number of likely N-dealkylation sites (tertiary alicyclic amines) is 1. The third-order valence-electron chi connectivity index (χ3n) is 6.79. The van der Waals surface area contributed by atoms with E-state index < -0.39 is 31.1 Å². The highest BCUT2D eigenvalue weighted by Gasteiger charge is 2.39. The normalized spacial score (nSPS) is 16.5. The molecule has 1 heterocycles. The molecule has 0 unspecified atom stereocenters. The van der Waals surface area contributed by atoms with E-state index in [0.717, 1.165) is 11.1 Å². The number of rotatable bonds is 14. The monoisotopic (exact) mass is 523 g/mol. The molecule has 4 N–H and O–H groups in total. The zero-order valence-electron chi connectivity index (χ0n) is 21.9. The van der Waals surface area contributed by atoms with Crippen molar-refractivity contribution in [3.63, 3.8) is 0 Å². The molecule has 1 aliphatic heterocycles. The minimum atomic E-state index is -1.73. The molecule has 38 heavy (non-hydrogen) atoms. The average Bonchev–Trinajstić information content (AvgIpc) is 3.42. The summed E-state index contributed by atoms with van der Waals surface area (Å²) in [6.07, 6.45) is 3.07. The first-order valence-corrected chi connectivity index (χ1v) is 13.2. The van der Waals surface area contributed by atoms with E-state index >= 15 is 0 Å². The Bertz CT molecular complexity index is 1020. The van der Waals surface area contributed by atoms with E-state index in [1.165, 1.54) is 4.90 Å². The molecule has 10 heteroatoms. The summed E-state index contributed by atoms with van der Waals surface area (Å²) in [4.78, 5) is 41.2. The number of ether oxygens (including phenoxy) is 1. The lowest BCUT2D eigenvalue weighted by Crippen LogP contribution is -2.56. The molecule has 9 nitrogen and oxygen atoms in total. The number of nitrogens with one attached hydrogen (secondary N) is 2. The largest absolute Gasteiger partial charge is 0.475 e. The third-order valence-corrected chi connectivity index (χ3v) is 6.79. The quantitative estimate of drug-likeness (QED) is 0.218. The van der Waals surface area contributed by atoms with Gasteiger partial charge < -0.3 is 30.3 Å². The van der Waals surface area contributed by atoms with Crippen molar-refractivity contribution >= 4 is 24.8 Å². The molecule has 2 aromatic carbocycles. The molecule has 0 spiro atoms. The Morgan fingerprint density at radius 2 is 1.68 bits per heavy atom. The van der Waals surface area contributed by atoms with Crippen molar-refractivity contribution in [2.45, 2.75) is 63.0 Å². The molecule has 3 atom stereocenters. The van der Waals surface area contributed by atoms with E-state index in [2.05, 4.69) is 10.6 Å². The van der Waals surface area contributed by atoms with Gasteiger partial charge in [-0.1, -0.05) is 60.7 Å². The van der Waals surface area contributed by atoms with Gasteiger partial charge in [-0.3, -0.25) is 14.4 Å².